The molecule has 1 N–H and O–H groups in total. The average Bonchev–Trinajstić information content (AvgIpc) is 2.55. The van der Waals surface area contributed by atoms with Crippen LogP contribution in [0.15, 0.2) is 59.0 Å². The van der Waals surface area contributed by atoms with Gasteiger partial charge in [0.05, 0.1) is 4.90 Å². The molecule has 1 aliphatic rings. The molecular formula is C19H21NO2S. The van der Waals surface area contributed by atoms with Crippen molar-refractivity contribution in [2.75, 3.05) is 6.54 Å². The fourth-order valence-corrected chi connectivity index (χ4v) is 4.00. The van der Waals surface area contributed by atoms with Gasteiger partial charge in [-0.15, -0.1) is 0 Å². The molecule has 0 amide bonds. The molecule has 0 bridgehead atoms. The van der Waals surface area contributed by atoms with E-state index in [0.717, 1.165) is 18.4 Å². The van der Waals surface area contributed by atoms with Crippen LogP contribution in [0.2, 0.25) is 0 Å². The second-order valence-electron chi connectivity index (χ2n) is 6.02. The summed E-state index contributed by atoms with van der Waals surface area (Å²) in [5.41, 5.74) is 5.99. The van der Waals surface area contributed by atoms with Gasteiger partial charge in [0.2, 0.25) is 10.0 Å². The van der Waals surface area contributed by atoms with E-state index < -0.39 is 10.0 Å². The Morgan fingerprint density at radius 1 is 0.957 bits per heavy atom. The molecule has 120 valence electrons. The Morgan fingerprint density at radius 3 is 2.39 bits per heavy atom. The van der Waals surface area contributed by atoms with Crippen molar-refractivity contribution in [2.45, 2.75) is 31.6 Å². The lowest BCUT2D eigenvalue weighted by Gasteiger charge is -2.21. The first-order chi connectivity index (χ1) is 11.0. The smallest absolute Gasteiger partial charge is 0.207 e. The van der Waals surface area contributed by atoms with Crippen LogP contribution in [0.3, 0.4) is 0 Å². The second kappa shape index (κ2) is 6.30. The molecule has 0 fully saturated rings. The standard InChI is InChI=1S/C19H21NO2S/c1-14-7-11-18(12-8-14)23(21,22)20-13-17-10-9-16-5-3-4-6-19(16)15(17)2/h3-8,11-12,20H,9-10,13H2,1-2H3. The molecule has 4 heteroatoms. The Morgan fingerprint density at radius 2 is 1.65 bits per heavy atom. The van der Waals surface area contributed by atoms with Gasteiger partial charge in [-0.1, -0.05) is 47.5 Å². The van der Waals surface area contributed by atoms with Crippen molar-refractivity contribution < 1.29 is 8.42 Å². The van der Waals surface area contributed by atoms with E-state index in [4.69, 9.17) is 0 Å². The average molecular weight is 327 g/mol. The van der Waals surface area contributed by atoms with Gasteiger partial charge in [-0.05, 0) is 55.5 Å². The number of benzene rings is 2. The molecule has 23 heavy (non-hydrogen) atoms. The number of hydrogen-bond donors (Lipinski definition) is 1. The maximum atomic E-state index is 12.4. The Labute approximate surface area is 138 Å². The number of nitrogens with one attached hydrogen (secondary N) is 1. The Balaban J connectivity index is 1.79. The van der Waals surface area contributed by atoms with Gasteiger partial charge in [0.15, 0.2) is 0 Å². The van der Waals surface area contributed by atoms with E-state index in [9.17, 15) is 8.42 Å². The Kier molecular flexibility index (Phi) is 4.37. The molecule has 0 radical (unpaired) electrons. The molecule has 0 saturated heterocycles. The Hall–Kier alpha value is -1.91. The quantitative estimate of drug-likeness (QED) is 0.931. The topological polar surface area (TPSA) is 46.2 Å². The zero-order chi connectivity index (χ0) is 16.4. The van der Waals surface area contributed by atoms with Crippen molar-refractivity contribution in [1.82, 2.24) is 4.72 Å². The van der Waals surface area contributed by atoms with Crippen LogP contribution in [-0.2, 0) is 16.4 Å². The van der Waals surface area contributed by atoms with Crippen LogP contribution >= 0.6 is 0 Å². The molecule has 0 heterocycles. The fourth-order valence-electron chi connectivity index (χ4n) is 2.97. The summed E-state index contributed by atoms with van der Waals surface area (Å²) in [4.78, 5) is 0.317. The molecule has 2 aromatic rings. The third-order valence-electron chi connectivity index (χ3n) is 4.45. The first-order valence-corrected chi connectivity index (χ1v) is 9.29. The maximum Gasteiger partial charge on any atom is 0.240 e. The van der Waals surface area contributed by atoms with Gasteiger partial charge in [0, 0.05) is 6.54 Å². The highest BCUT2D eigenvalue weighted by Crippen LogP contribution is 2.30. The van der Waals surface area contributed by atoms with Crippen LogP contribution in [0.25, 0.3) is 5.57 Å². The van der Waals surface area contributed by atoms with Crippen molar-refractivity contribution in [3.8, 4) is 0 Å². The van der Waals surface area contributed by atoms with Crippen LogP contribution in [0.5, 0.6) is 0 Å². The third-order valence-corrected chi connectivity index (χ3v) is 5.87. The van der Waals surface area contributed by atoms with Crippen molar-refractivity contribution in [2.24, 2.45) is 0 Å². The monoisotopic (exact) mass is 327 g/mol. The van der Waals surface area contributed by atoms with Crippen molar-refractivity contribution >= 4 is 15.6 Å². The molecular weight excluding hydrogens is 306 g/mol. The van der Waals surface area contributed by atoms with Gasteiger partial charge in [-0.25, -0.2) is 13.1 Å². The minimum absolute atomic E-state index is 0.317. The molecule has 1 aliphatic carbocycles. The zero-order valence-corrected chi connectivity index (χ0v) is 14.3. The van der Waals surface area contributed by atoms with Crippen LogP contribution in [0.4, 0.5) is 0 Å². The summed E-state index contributed by atoms with van der Waals surface area (Å²) < 4.78 is 27.5. The van der Waals surface area contributed by atoms with E-state index in [1.54, 1.807) is 12.1 Å². The van der Waals surface area contributed by atoms with Gasteiger partial charge in [-0.3, -0.25) is 0 Å². The molecule has 0 spiro atoms. The van der Waals surface area contributed by atoms with Gasteiger partial charge in [0.25, 0.3) is 0 Å². The highest BCUT2D eigenvalue weighted by molar-refractivity contribution is 7.89. The zero-order valence-electron chi connectivity index (χ0n) is 13.5. The molecule has 0 unspecified atom stereocenters. The van der Waals surface area contributed by atoms with Crippen LogP contribution in [0, 0.1) is 6.92 Å². The molecule has 3 rings (SSSR count). The highest BCUT2D eigenvalue weighted by Gasteiger charge is 2.18. The molecule has 0 atom stereocenters. The van der Waals surface area contributed by atoms with E-state index in [2.05, 4.69) is 29.8 Å². The minimum atomic E-state index is -3.46. The molecule has 0 aromatic heterocycles. The van der Waals surface area contributed by atoms with E-state index in [1.807, 2.05) is 25.1 Å². The van der Waals surface area contributed by atoms with Crippen molar-refractivity contribution in [3.63, 3.8) is 0 Å². The van der Waals surface area contributed by atoms with Crippen LogP contribution in [0.1, 0.15) is 30.0 Å². The number of sulfonamides is 1. The lowest BCUT2D eigenvalue weighted by atomic mass is 9.86. The molecule has 0 aliphatic heterocycles. The largest absolute Gasteiger partial charge is 0.240 e. The number of rotatable bonds is 4. The summed E-state index contributed by atoms with van der Waals surface area (Å²) >= 11 is 0. The number of allylic oxidation sites excluding steroid dienone is 1. The SMILES string of the molecule is CC1=C(CNS(=O)(=O)c2ccc(C)cc2)CCc2ccccc21. The fraction of sp³-hybridized carbons (Fsp3) is 0.263. The van der Waals surface area contributed by atoms with Crippen LogP contribution in [-0.4, -0.2) is 15.0 Å². The lowest BCUT2D eigenvalue weighted by molar-refractivity contribution is 0.584. The molecule has 0 saturated carbocycles. The normalized spacial score (nSPS) is 14.7. The minimum Gasteiger partial charge on any atom is -0.207 e. The highest BCUT2D eigenvalue weighted by atomic mass is 32.2. The lowest BCUT2D eigenvalue weighted by Crippen LogP contribution is -2.27. The van der Waals surface area contributed by atoms with Gasteiger partial charge >= 0.3 is 0 Å². The van der Waals surface area contributed by atoms with Gasteiger partial charge in [-0.2, -0.15) is 0 Å². The van der Waals surface area contributed by atoms with E-state index in [0.29, 0.717) is 11.4 Å². The summed E-state index contributed by atoms with van der Waals surface area (Å²) in [5.74, 6) is 0. The first-order valence-electron chi connectivity index (χ1n) is 7.80. The summed E-state index contributed by atoms with van der Waals surface area (Å²) in [6.45, 7) is 4.39. The molecule has 2 aromatic carbocycles. The Bertz CT molecular complexity index is 849. The number of fused-ring (bicyclic) bond motifs is 1. The summed E-state index contributed by atoms with van der Waals surface area (Å²) in [5, 5.41) is 0. The van der Waals surface area contributed by atoms with Gasteiger partial charge in [0.1, 0.15) is 0 Å². The first kappa shape index (κ1) is 16.0. The summed E-state index contributed by atoms with van der Waals surface area (Å²) in [6.07, 6.45) is 1.87. The second-order valence-corrected chi connectivity index (χ2v) is 7.79. The number of hydrogen-bond acceptors (Lipinski definition) is 2. The van der Waals surface area contributed by atoms with E-state index in [-0.39, 0.29) is 0 Å². The number of aryl methyl sites for hydroxylation is 2. The van der Waals surface area contributed by atoms with E-state index in [1.165, 1.54) is 22.3 Å². The maximum absolute atomic E-state index is 12.4. The van der Waals surface area contributed by atoms with Crippen molar-refractivity contribution in [3.05, 3.63) is 70.8 Å². The van der Waals surface area contributed by atoms with E-state index >= 15 is 0 Å². The third kappa shape index (κ3) is 3.38. The van der Waals surface area contributed by atoms with Crippen LogP contribution < -0.4 is 4.72 Å². The summed E-state index contributed by atoms with van der Waals surface area (Å²) in [7, 11) is -3.46. The summed E-state index contributed by atoms with van der Waals surface area (Å²) in [6, 6.07) is 15.3. The predicted octanol–water partition coefficient (Wildman–Crippen LogP) is 3.69. The van der Waals surface area contributed by atoms with Crippen molar-refractivity contribution in [1.29, 1.82) is 0 Å². The predicted molar refractivity (Wildman–Crippen MR) is 93.7 cm³/mol. The van der Waals surface area contributed by atoms with Gasteiger partial charge < -0.3 is 0 Å². The molecule has 3 nitrogen and oxygen atoms in total.